The second-order valence-corrected chi connectivity index (χ2v) is 8.40. The first-order valence-corrected chi connectivity index (χ1v) is 11.6. The van der Waals surface area contributed by atoms with E-state index in [0.717, 1.165) is 32.1 Å². The molecule has 0 saturated heterocycles. The summed E-state index contributed by atoms with van der Waals surface area (Å²) in [7, 11) is 0. The molecule has 0 bridgehead atoms. The van der Waals surface area contributed by atoms with E-state index in [1.807, 2.05) is 0 Å². The lowest BCUT2D eigenvalue weighted by Crippen LogP contribution is -2.50. The van der Waals surface area contributed by atoms with Crippen LogP contribution >= 0.6 is 0 Å². The topological polar surface area (TPSA) is 105 Å². The highest BCUT2D eigenvalue weighted by molar-refractivity contribution is 6.04. The van der Waals surface area contributed by atoms with E-state index in [2.05, 4.69) is 15.6 Å². The van der Waals surface area contributed by atoms with Gasteiger partial charge in [0.05, 0.1) is 24.7 Å². The molecular formula is C26H27FN4O4. The molecule has 182 valence electrons. The van der Waals surface area contributed by atoms with Crippen molar-refractivity contribution in [1.29, 1.82) is 0 Å². The van der Waals surface area contributed by atoms with E-state index in [-0.39, 0.29) is 17.4 Å². The molecule has 0 unspecified atom stereocenters. The van der Waals surface area contributed by atoms with Crippen LogP contribution in [0.1, 0.15) is 54.3 Å². The van der Waals surface area contributed by atoms with Crippen LogP contribution in [-0.4, -0.2) is 35.3 Å². The van der Waals surface area contributed by atoms with Gasteiger partial charge in [-0.25, -0.2) is 4.39 Å². The van der Waals surface area contributed by atoms with Crippen LogP contribution < -0.4 is 15.5 Å². The maximum absolute atomic E-state index is 15.0. The van der Waals surface area contributed by atoms with Crippen LogP contribution in [0, 0.1) is 5.82 Å². The van der Waals surface area contributed by atoms with Crippen LogP contribution in [0.15, 0.2) is 71.6 Å². The van der Waals surface area contributed by atoms with E-state index in [0.29, 0.717) is 5.69 Å². The van der Waals surface area contributed by atoms with Crippen molar-refractivity contribution in [2.45, 2.75) is 44.2 Å². The Labute approximate surface area is 202 Å². The first-order chi connectivity index (χ1) is 17.0. The van der Waals surface area contributed by atoms with Gasteiger partial charge < -0.3 is 15.1 Å². The Morgan fingerprint density at radius 1 is 1.06 bits per heavy atom. The van der Waals surface area contributed by atoms with Crippen molar-refractivity contribution in [3.63, 3.8) is 0 Å². The summed E-state index contributed by atoms with van der Waals surface area (Å²) < 4.78 is 20.1. The number of hydrogen-bond acceptors (Lipinski definition) is 5. The van der Waals surface area contributed by atoms with Gasteiger partial charge in [-0.05, 0) is 43.2 Å². The van der Waals surface area contributed by atoms with Crippen molar-refractivity contribution >= 4 is 23.4 Å². The minimum absolute atomic E-state index is 0.0463. The fourth-order valence-corrected chi connectivity index (χ4v) is 4.29. The number of amides is 3. The van der Waals surface area contributed by atoms with E-state index in [9.17, 15) is 14.4 Å². The predicted octanol–water partition coefficient (Wildman–Crippen LogP) is 3.77. The summed E-state index contributed by atoms with van der Waals surface area (Å²) in [5.41, 5.74) is 0.354. The zero-order valence-corrected chi connectivity index (χ0v) is 19.2. The summed E-state index contributed by atoms with van der Waals surface area (Å²) in [5.74, 6) is -2.24. The Morgan fingerprint density at radius 3 is 2.54 bits per heavy atom. The fourth-order valence-electron chi connectivity index (χ4n) is 4.29. The Balaban J connectivity index is 1.66. The van der Waals surface area contributed by atoms with Crippen molar-refractivity contribution in [1.82, 2.24) is 15.6 Å². The number of pyridine rings is 1. The van der Waals surface area contributed by atoms with Crippen molar-refractivity contribution in [2.75, 3.05) is 11.4 Å². The van der Waals surface area contributed by atoms with Gasteiger partial charge in [0.2, 0.25) is 11.8 Å². The maximum atomic E-state index is 15.0. The van der Waals surface area contributed by atoms with Crippen LogP contribution in [0.3, 0.4) is 0 Å². The van der Waals surface area contributed by atoms with Crippen molar-refractivity contribution in [3.8, 4) is 0 Å². The second kappa shape index (κ2) is 11.4. The molecule has 9 heteroatoms. The Morgan fingerprint density at radius 2 is 1.86 bits per heavy atom. The maximum Gasteiger partial charge on any atom is 0.287 e. The third-order valence-electron chi connectivity index (χ3n) is 6.00. The van der Waals surface area contributed by atoms with E-state index in [1.165, 1.54) is 47.8 Å². The van der Waals surface area contributed by atoms with Gasteiger partial charge in [0.25, 0.3) is 5.91 Å². The molecule has 1 atom stereocenters. The number of anilines is 1. The van der Waals surface area contributed by atoms with Gasteiger partial charge in [0.15, 0.2) is 5.76 Å². The largest absolute Gasteiger partial charge is 0.459 e. The Kier molecular flexibility index (Phi) is 7.87. The third kappa shape index (κ3) is 5.92. The van der Waals surface area contributed by atoms with Crippen LogP contribution in [0.25, 0.3) is 0 Å². The second-order valence-electron chi connectivity index (χ2n) is 8.40. The van der Waals surface area contributed by atoms with Crippen molar-refractivity contribution in [3.05, 3.63) is 84.3 Å². The molecule has 4 rings (SSSR count). The van der Waals surface area contributed by atoms with Crippen LogP contribution in [0.5, 0.6) is 0 Å². The highest BCUT2D eigenvalue weighted by atomic mass is 19.1. The molecule has 1 aliphatic carbocycles. The lowest BCUT2D eigenvalue weighted by molar-refractivity contribution is -0.127. The molecule has 0 radical (unpaired) electrons. The predicted molar refractivity (Wildman–Crippen MR) is 127 cm³/mol. The minimum atomic E-state index is -1.30. The third-order valence-corrected chi connectivity index (χ3v) is 6.00. The number of carbonyl (C=O) groups is 3. The van der Waals surface area contributed by atoms with Gasteiger partial charge in [0, 0.05) is 17.8 Å². The molecule has 0 aliphatic heterocycles. The van der Waals surface area contributed by atoms with Crippen molar-refractivity contribution in [2.24, 2.45) is 0 Å². The highest BCUT2D eigenvalue weighted by Gasteiger charge is 2.35. The number of nitrogens with zero attached hydrogens (tertiary/aromatic N) is 2. The zero-order valence-electron chi connectivity index (χ0n) is 19.2. The molecule has 1 aromatic carbocycles. The summed E-state index contributed by atoms with van der Waals surface area (Å²) in [4.78, 5) is 44.7. The standard InChI is InChI=1S/C26H27FN4O4/c27-21-12-5-4-11-20(21)24(26(34)30-18-8-2-1-3-9-18)31(19-10-6-14-28-16-19)23(32)17-29-25(33)22-13-7-15-35-22/h4-7,10-16,18,24H,1-3,8-9,17H2,(H,29,33)(H,30,34)/t24-/m1/s1. The average molecular weight is 479 g/mol. The summed E-state index contributed by atoms with van der Waals surface area (Å²) >= 11 is 0. The summed E-state index contributed by atoms with van der Waals surface area (Å²) in [6.45, 7) is -0.434. The monoisotopic (exact) mass is 478 g/mol. The minimum Gasteiger partial charge on any atom is -0.459 e. The van der Waals surface area contributed by atoms with Crippen molar-refractivity contribution < 1.29 is 23.2 Å². The van der Waals surface area contributed by atoms with Crippen LogP contribution in [0.2, 0.25) is 0 Å². The first kappa shape index (κ1) is 24.1. The normalized spacial score (nSPS) is 14.7. The van der Waals surface area contributed by atoms with Gasteiger partial charge in [-0.15, -0.1) is 0 Å². The summed E-state index contributed by atoms with van der Waals surface area (Å²) in [5, 5.41) is 5.52. The molecule has 2 N–H and O–H groups in total. The Bertz CT molecular complexity index is 1150. The molecule has 1 fully saturated rings. The number of nitrogens with one attached hydrogen (secondary N) is 2. The van der Waals surface area contributed by atoms with Gasteiger partial charge in [-0.2, -0.15) is 0 Å². The molecule has 1 aliphatic rings. The molecule has 1 saturated carbocycles. The average Bonchev–Trinajstić information content (AvgIpc) is 3.42. The molecular weight excluding hydrogens is 451 g/mol. The van der Waals surface area contributed by atoms with Gasteiger partial charge >= 0.3 is 0 Å². The quantitative estimate of drug-likeness (QED) is 0.513. The van der Waals surface area contributed by atoms with Crippen LogP contribution in [0.4, 0.5) is 10.1 Å². The fraction of sp³-hybridized carbons (Fsp3) is 0.308. The van der Waals surface area contributed by atoms with Gasteiger partial charge in [0.1, 0.15) is 11.9 Å². The number of hydrogen-bond donors (Lipinski definition) is 2. The molecule has 0 spiro atoms. The number of benzene rings is 1. The molecule has 2 heterocycles. The van der Waals surface area contributed by atoms with E-state index in [1.54, 1.807) is 24.3 Å². The number of halogens is 1. The number of aromatic nitrogens is 1. The summed E-state index contributed by atoms with van der Waals surface area (Å²) in [6.07, 6.45) is 9.07. The molecule has 8 nitrogen and oxygen atoms in total. The Hall–Kier alpha value is -4.01. The lowest BCUT2D eigenvalue weighted by atomic mass is 9.94. The van der Waals surface area contributed by atoms with E-state index in [4.69, 9.17) is 4.42 Å². The summed E-state index contributed by atoms with van der Waals surface area (Å²) in [6, 6.07) is 10.8. The number of carbonyl (C=O) groups excluding carboxylic acids is 3. The van der Waals surface area contributed by atoms with Gasteiger partial charge in [-0.1, -0.05) is 37.5 Å². The number of furan rings is 1. The van der Waals surface area contributed by atoms with Gasteiger partial charge in [-0.3, -0.25) is 24.3 Å². The number of rotatable bonds is 8. The molecule has 3 aromatic rings. The molecule has 35 heavy (non-hydrogen) atoms. The van der Waals surface area contributed by atoms with E-state index < -0.39 is 36.1 Å². The van der Waals surface area contributed by atoms with E-state index >= 15 is 4.39 Å². The van der Waals surface area contributed by atoms with Crippen LogP contribution in [-0.2, 0) is 9.59 Å². The smallest absolute Gasteiger partial charge is 0.287 e. The highest BCUT2D eigenvalue weighted by Crippen LogP contribution is 2.30. The SMILES string of the molecule is O=C(NCC(=O)N(c1cccnc1)[C@@H](C(=O)NC1CCCCC1)c1ccccc1F)c1ccco1. The first-order valence-electron chi connectivity index (χ1n) is 11.6. The zero-order chi connectivity index (χ0) is 24.6. The molecule has 2 aromatic heterocycles. The molecule has 3 amide bonds. The lowest BCUT2D eigenvalue weighted by Gasteiger charge is -2.33.